The summed E-state index contributed by atoms with van der Waals surface area (Å²) in [7, 11) is 0. The van der Waals surface area contributed by atoms with Crippen LogP contribution in [-0.4, -0.2) is 5.11 Å². The second kappa shape index (κ2) is 5.33. The van der Waals surface area contributed by atoms with Gasteiger partial charge in [0.05, 0.1) is 0 Å². The molecule has 0 atom stereocenters. The Morgan fingerprint density at radius 3 is 2.36 bits per heavy atom. The highest BCUT2D eigenvalue weighted by atomic mass is 16.3. The van der Waals surface area contributed by atoms with Crippen LogP contribution in [0.15, 0.2) is 24.3 Å². The third-order valence-electron chi connectivity index (χ3n) is 1.15. The number of nitrogens with two attached hydrogens (primary N) is 1. The molecule has 0 saturated carbocycles. The van der Waals surface area contributed by atoms with Crippen molar-refractivity contribution in [3.63, 3.8) is 0 Å². The molecule has 0 heterocycles. The smallest absolute Gasteiger partial charge is 0.115 e. The molecular weight excluding hydrogens is 138 g/mol. The summed E-state index contributed by atoms with van der Waals surface area (Å²) in [6.07, 6.45) is 8.00. The highest BCUT2D eigenvalue weighted by molar-refractivity contribution is 5.26. The second-order valence-corrected chi connectivity index (χ2v) is 1.87. The zero-order valence-electron chi connectivity index (χ0n) is 6.20. The Balaban J connectivity index is 0.000000461. The van der Waals surface area contributed by atoms with E-state index in [9.17, 15) is 0 Å². The van der Waals surface area contributed by atoms with Crippen molar-refractivity contribution in [2.45, 2.75) is 6.54 Å². The fraction of sp³-hybridized carbons (Fsp3) is 0.111. The van der Waals surface area contributed by atoms with Gasteiger partial charge in [0.15, 0.2) is 0 Å². The Kier molecular flexibility index (Phi) is 4.63. The van der Waals surface area contributed by atoms with E-state index in [2.05, 4.69) is 12.8 Å². The Morgan fingerprint density at radius 2 is 2.00 bits per heavy atom. The lowest BCUT2D eigenvalue weighted by molar-refractivity contribution is 0.474. The minimum atomic E-state index is 0.276. The Bertz CT molecular complexity index is 230. The molecule has 0 aliphatic rings. The van der Waals surface area contributed by atoms with Crippen LogP contribution in [0.4, 0.5) is 0 Å². The summed E-state index contributed by atoms with van der Waals surface area (Å²) in [5.41, 5.74) is 6.26. The molecule has 0 aromatic heterocycles. The van der Waals surface area contributed by atoms with Gasteiger partial charge in [0.1, 0.15) is 5.75 Å². The number of terminal acetylenes is 1. The first-order valence-electron chi connectivity index (χ1n) is 3.14. The van der Waals surface area contributed by atoms with Crippen molar-refractivity contribution < 1.29 is 5.11 Å². The molecule has 0 aliphatic heterocycles. The molecule has 58 valence electrons. The summed E-state index contributed by atoms with van der Waals surface area (Å²) in [6, 6.07) is 6.93. The van der Waals surface area contributed by atoms with Gasteiger partial charge < -0.3 is 10.8 Å². The fourth-order valence-electron chi connectivity index (χ4n) is 0.683. The Morgan fingerprint density at radius 1 is 1.36 bits per heavy atom. The predicted molar refractivity (Wildman–Crippen MR) is 45.9 cm³/mol. The molecule has 11 heavy (non-hydrogen) atoms. The highest BCUT2D eigenvalue weighted by Gasteiger charge is 1.88. The average molecular weight is 149 g/mol. The van der Waals surface area contributed by atoms with E-state index in [1.54, 1.807) is 18.2 Å². The van der Waals surface area contributed by atoms with Crippen LogP contribution >= 0.6 is 0 Å². The van der Waals surface area contributed by atoms with Crippen LogP contribution in [0.25, 0.3) is 0 Å². The fourth-order valence-corrected chi connectivity index (χ4v) is 0.683. The summed E-state index contributed by atoms with van der Waals surface area (Å²) < 4.78 is 0. The zero-order chi connectivity index (χ0) is 8.69. The van der Waals surface area contributed by atoms with Crippen molar-refractivity contribution in [2.24, 2.45) is 5.73 Å². The molecule has 0 saturated heterocycles. The lowest BCUT2D eigenvalue weighted by Gasteiger charge is -1.94. The van der Waals surface area contributed by atoms with Gasteiger partial charge in [-0.1, -0.05) is 12.1 Å². The maximum Gasteiger partial charge on any atom is 0.115 e. The number of phenols is 1. The summed E-state index contributed by atoms with van der Waals surface area (Å²) in [5.74, 6) is 0.276. The van der Waals surface area contributed by atoms with Crippen molar-refractivity contribution in [3.05, 3.63) is 29.8 Å². The van der Waals surface area contributed by atoms with Gasteiger partial charge in [-0.05, 0) is 17.7 Å². The summed E-state index contributed by atoms with van der Waals surface area (Å²) in [6.45, 7) is 0.481. The topological polar surface area (TPSA) is 46.2 Å². The second-order valence-electron chi connectivity index (χ2n) is 1.87. The van der Waals surface area contributed by atoms with Crippen molar-refractivity contribution in [3.8, 4) is 18.6 Å². The van der Waals surface area contributed by atoms with E-state index in [0.29, 0.717) is 6.54 Å². The van der Waals surface area contributed by atoms with Gasteiger partial charge in [-0.15, -0.1) is 12.8 Å². The predicted octanol–water partition coefficient (Wildman–Crippen LogP) is 1.10. The number of aromatic hydroxyl groups is 1. The van der Waals surface area contributed by atoms with E-state index in [1.165, 1.54) is 0 Å². The van der Waals surface area contributed by atoms with Crippen LogP contribution < -0.4 is 5.73 Å². The third kappa shape index (κ3) is 3.29. The molecule has 0 fully saturated rings. The molecule has 0 amide bonds. The standard InChI is InChI=1S/C7H9NO.C2H2/c8-5-6-2-1-3-7(9)4-6;1-2/h1-4,9H,5,8H2;1-2H. The first kappa shape index (κ1) is 9.54. The molecule has 1 rings (SSSR count). The maximum absolute atomic E-state index is 8.89. The minimum absolute atomic E-state index is 0.276. The van der Waals surface area contributed by atoms with Crippen LogP contribution in [-0.2, 0) is 6.54 Å². The quantitative estimate of drug-likeness (QED) is 0.587. The molecule has 2 nitrogen and oxygen atoms in total. The molecule has 0 bridgehead atoms. The molecule has 3 N–H and O–H groups in total. The lowest BCUT2D eigenvalue weighted by Crippen LogP contribution is -1.94. The van der Waals surface area contributed by atoms with E-state index in [0.717, 1.165) is 5.56 Å². The molecule has 1 aromatic carbocycles. The van der Waals surface area contributed by atoms with Gasteiger partial charge in [0.25, 0.3) is 0 Å². The molecular formula is C9H11NO. The van der Waals surface area contributed by atoms with Crippen LogP contribution in [0.2, 0.25) is 0 Å². The first-order chi connectivity index (χ1) is 5.33. The monoisotopic (exact) mass is 149 g/mol. The maximum atomic E-state index is 8.89. The minimum Gasteiger partial charge on any atom is -0.508 e. The van der Waals surface area contributed by atoms with Crippen LogP contribution in [0.5, 0.6) is 5.75 Å². The van der Waals surface area contributed by atoms with Gasteiger partial charge in [-0.25, -0.2) is 0 Å². The van der Waals surface area contributed by atoms with E-state index < -0.39 is 0 Å². The summed E-state index contributed by atoms with van der Waals surface area (Å²) in [5, 5.41) is 8.89. The van der Waals surface area contributed by atoms with E-state index in [1.807, 2.05) is 6.07 Å². The van der Waals surface area contributed by atoms with Gasteiger partial charge >= 0.3 is 0 Å². The molecule has 0 spiro atoms. The molecule has 2 heteroatoms. The Labute approximate surface area is 66.7 Å². The van der Waals surface area contributed by atoms with Crippen LogP contribution in [0, 0.1) is 12.8 Å². The molecule has 1 aromatic rings. The zero-order valence-corrected chi connectivity index (χ0v) is 6.20. The SMILES string of the molecule is C#C.NCc1cccc(O)c1. The summed E-state index contributed by atoms with van der Waals surface area (Å²) >= 11 is 0. The molecule has 0 aliphatic carbocycles. The first-order valence-corrected chi connectivity index (χ1v) is 3.14. The summed E-state index contributed by atoms with van der Waals surface area (Å²) in [4.78, 5) is 0. The van der Waals surface area contributed by atoms with Crippen molar-refractivity contribution in [2.75, 3.05) is 0 Å². The van der Waals surface area contributed by atoms with E-state index in [-0.39, 0.29) is 5.75 Å². The van der Waals surface area contributed by atoms with Gasteiger partial charge in [-0.3, -0.25) is 0 Å². The number of hydrogen-bond acceptors (Lipinski definition) is 2. The van der Waals surface area contributed by atoms with Crippen LogP contribution in [0.3, 0.4) is 0 Å². The Hall–Kier alpha value is -1.46. The van der Waals surface area contributed by atoms with Crippen LogP contribution in [0.1, 0.15) is 5.56 Å². The molecule has 0 radical (unpaired) electrons. The van der Waals surface area contributed by atoms with Crippen molar-refractivity contribution >= 4 is 0 Å². The number of rotatable bonds is 1. The van der Waals surface area contributed by atoms with Gasteiger partial charge in [-0.2, -0.15) is 0 Å². The van der Waals surface area contributed by atoms with E-state index >= 15 is 0 Å². The highest BCUT2D eigenvalue weighted by Crippen LogP contribution is 2.09. The van der Waals surface area contributed by atoms with Gasteiger partial charge in [0.2, 0.25) is 0 Å². The lowest BCUT2D eigenvalue weighted by atomic mass is 10.2. The van der Waals surface area contributed by atoms with Crippen molar-refractivity contribution in [1.82, 2.24) is 0 Å². The van der Waals surface area contributed by atoms with E-state index in [4.69, 9.17) is 10.8 Å². The number of hydrogen-bond donors (Lipinski definition) is 2. The number of phenolic OH excluding ortho intramolecular Hbond substituents is 1. The number of benzene rings is 1. The third-order valence-corrected chi connectivity index (χ3v) is 1.15. The van der Waals surface area contributed by atoms with Gasteiger partial charge in [0, 0.05) is 6.54 Å². The molecule has 0 unspecified atom stereocenters. The average Bonchev–Trinajstić information content (AvgIpc) is 2.08. The van der Waals surface area contributed by atoms with Crippen molar-refractivity contribution in [1.29, 1.82) is 0 Å². The largest absolute Gasteiger partial charge is 0.508 e. The normalized spacial score (nSPS) is 7.91.